The van der Waals surface area contributed by atoms with Crippen molar-refractivity contribution in [3.63, 3.8) is 0 Å². The molecule has 0 spiro atoms. The quantitative estimate of drug-likeness (QED) is 0.729. The Morgan fingerprint density at radius 1 is 1.39 bits per heavy atom. The second-order valence-electron chi connectivity index (χ2n) is 5.58. The van der Waals surface area contributed by atoms with Gasteiger partial charge in [0.05, 0.1) is 23.7 Å². The number of likely N-dealkylation sites (tertiary alicyclic amines) is 1. The zero-order valence-electron chi connectivity index (χ0n) is 12.7. The minimum atomic E-state index is -0.454. The van der Waals surface area contributed by atoms with Crippen LogP contribution in [0, 0.1) is 0 Å². The maximum absolute atomic E-state index is 12.0. The van der Waals surface area contributed by atoms with E-state index in [9.17, 15) is 14.7 Å². The number of nitrogens with one attached hydrogen (secondary N) is 2. The van der Waals surface area contributed by atoms with Crippen molar-refractivity contribution in [2.75, 3.05) is 26.7 Å². The maximum atomic E-state index is 12.0. The second-order valence-corrected chi connectivity index (χ2v) is 6.43. The molecule has 2 amide bonds. The van der Waals surface area contributed by atoms with Gasteiger partial charge in [-0.25, -0.2) is 0 Å². The van der Waals surface area contributed by atoms with Gasteiger partial charge in [-0.1, -0.05) is 23.2 Å². The lowest BCUT2D eigenvalue weighted by atomic mass is 10.2. The summed E-state index contributed by atoms with van der Waals surface area (Å²) in [4.78, 5) is 26.0. The van der Waals surface area contributed by atoms with Crippen LogP contribution in [0.4, 0.5) is 0 Å². The first-order chi connectivity index (χ1) is 10.9. The number of nitrogens with zero attached hydrogens (tertiary/aromatic N) is 1. The number of amides is 2. The van der Waals surface area contributed by atoms with Gasteiger partial charge in [0.15, 0.2) is 0 Å². The van der Waals surface area contributed by atoms with Gasteiger partial charge in [0.1, 0.15) is 0 Å². The van der Waals surface area contributed by atoms with Gasteiger partial charge in [0.25, 0.3) is 5.91 Å². The first kappa shape index (κ1) is 18.0. The Morgan fingerprint density at radius 2 is 2.13 bits per heavy atom. The SMILES string of the molecule is CN1C[C@H](NC(=O)CNC(=O)c2cc(Cl)ccc2Cl)C[C@H]1CO. The Balaban J connectivity index is 1.83. The Morgan fingerprint density at radius 3 is 2.78 bits per heavy atom. The third-order valence-corrected chi connectivity index (χ3v) is 4.41. The predicted octanol–water partition coefficient (Wildman–Crippen LogP) is 0.904. The minimum absolute atomic E-state index is 0.0312. The zero-order valence-corrected chi connectivity index (χ0v) is 14.2. The lowest BCUT2D eigenvalue weighted by Gasteiger charge is -2.15. The normalized spacial score (nSPS) is 21.2. The summed E-state index contributed by atoms with van der Waals surface area (Å²) in [6.07, 6.45) is 0.687. The van der Waals surface area contributed by atoms with Crippen molar-refractivity contribution in [1.29, 1.82) is 0 Å². The third-order valence-electron chi connectivity index (χ3n) is 3.85. The number of aliphatic hydroxyl groups excluding tert-OH is 1. The van der Waals surface area contributed by atoms with Gasteiger partial charge >= 0.3 is 0 Å². The molecule has 0 unspecified atom stereocenters. The van der Waals surface area contributed by atoms with E-state index in [2.05, 4.69) is 10.6 Å². The Hall–Kier alpha value is -1.34. The van der Waals surface area contributed by atoms with Crippen LogP contribution in [-0.2, 0) is 4.79 Å². The molecule has 0 aromatic heterocycles. The lowest BCUT2D eigenvalue weighted by Crippen LogP contribution is -2.42. The van der Waals surface area contributed by atoms with Crippen molar-refractivity contribution in [3.8, 4) is 0 Å². The van der Waals surface area contributed by atoms with E-state index in [4.69, 9.17) is 23.2 Å². The molecular weight excluding hydrogens is 341 g/mol. The smallest absolute Gasteiger partial charge is 0.253 e. The van der Waals surface area contributed by atoms with Crippen LogP contribution in [0.5, 0.6) is 0 Å². The van der Waals surface area contributed by atoms with Crippen molar-refractivity contribution in [1.82, 2.24) is 15.5 Å². The number of carbonyl (C=O) groups is 2. The molecule has 0 saturated carbocycles. The van der Waals surface area contributed by atoms with Crippen LogP contribution in [-0.4, -0.2) is 60.6 Å². The molecule has 1 heterocycles. The topological polar surface area (TPSA) is 81.7 Å². The fourth-order valence-electron chi connectivity index (χ4n) is 2.60. The molecule has 126 valence electrons. The molecule has 1 aliphatic heterocycles. The molecule has 1 fully saturated rings. The molecular formula is C15H19Cl2N3O3. The number of carbonyl (C=O) groups excluding carboxylic acids is 2. The molecule has 0 bridgehead atoms. The largest absolute Gasteiger partial charge is 0.395 e. The van der Waals surface area contributed by atoms with Gasteiger partial charge in [-0.3, -0.25) is 14.5 Å². The van der Waals surface area contributed by atoms with Gasteiger partial charge in [0.2, 0.25) is 5.91 Å². The van der Waals surface area contributed by atoms with Crippen molar-refractivity contribution >= 4 is 35.0 Å². The number of aliphatic hydroxyl groups is 1. The van der Waals surface area contributed by atoms with Crippen LogP contribution >= 0.6 is 23.2 Å². The van der Waals surface area contributed by atoms with E-state index in [0.29, 0.717) is 18.0 Å². The second kappa shape index (κ2) is 7.97. The first-order valence-electron chi connectivity index (χ1n) is 7.24. The summed E-state index contributed by atoms with van der Waals surface area (Å²) in [5.41, 5.74) is 0.230. The summed E-state index contributed by atoms with van der Waals surface area (Å²) >= 11 is 11.8. The molecule has 2 rings (SSSR count). The lowest BCUT2D eigenvalue weighted by molar-refractivity contribution is -0.120. The molecule has 23 heavy (non-hydrogen) atoms. The fraction of sp³-hybridized carbons (Fsp3) is 0.467. The van der Waals surface area contributed by atoms with Crippen molar-refractivity contribution in [3.05, 3.63) is 33.8 Å². The van der Waals surface area contributed by atoms with Crippen molar-refractivity contribution in [2.24, 2.45) is 0 Å². The molecule has 1 aromatic carbocycles. The molecule has 2 atom stereocenters. The number of rotatable bonds is 5. The first-order valence-corrected chi connectivity index (χ1v) is 8.00. The highest BCUT2D eigenvalue weighted by Crippen LogP contribution is 2.20. The van der Waals surface area contributed by atoms with E-state index in [0.717, 1.165) is 0 Å². The minimum Gasteiger partial charge on any atom is -0.395 e. The van der Waals surface area contributed by atoms with Crippen molar-refractivity contribution < 1.29 is 14.7 Å². The van der Waals surface area contributed by atoms with Crippen molar-refractivity contribution in [2.45, 2.75) is 18.5 Å². The highest BCUT2D eigenvalue weighted by atomic mass is 35.5. The molecule has 1 saturated heterocycles. The molecule has 1 aliphatic rings. The standard InChI is InChI=1S/C15H19Cl2N3O3/c1-20-7-10(5-11(20)8-21)19-14(22)6-18-15(23)12-4-9(16)2-3-13(12)17/h2-4,10-11,21H,5-8H2,1H3,(H,18,23)(H,19,22)/t10-,11+/m1/s1. The molecule has 0 aliphatic carbocycles. The van der Waals surface area contributed by atoms with Gasteiger partial charge in [-0.15, -0.1) is 0 Å². The third kappa shape index (κ3) is 4.81. The molecule has 0 radical (unpaired) electrons. The van der Waals surface area contributed by atoms with Crippen LogP contribution < -0.4 is 10.6 Å². The van der Waals surface area contributed by atoms with E-state index in [1.165, 1.54) is 12.1 Å². The highest BCUT2D eigenvalue weighted by Gasteiger charge is 2.29. The summed E-state index contributed by atoms with van der Waals surface area (Å²) in [5, 5.41) is 15.2. The van der Waals surface area contributed by atoms with Crippen LogP contribution in [0.3, 0.4) is 0 Å². The monoisotopic (exact) mass is 359 g/mol. The summed E-state index contributed by atoms with van der Waals surface area (Å²) in [6, 6.07) is 4.59. The van der Waals surface area contributed by atoms with E-state index < -0.39 is 5.91 Å². The maximum Gasteiger partial charge on any atom is 0.253 e. The van der Waals surface area contributed by atoms with Gasteiger partial charge in [-0.05, 0) is 31.7 Å². The van der Waals surface area contributed by atoms with Crippen LogP contribution in [0.2, 0.25) is 10.0 Å². The Kier molecular flexibility index (Phi) is 6.24. The molecule has 8 heteroatoms. The van der Waals surface area contributed by atoms with Crippen LogP contribution in [0.1, 0.15) is 16.8 Å². The number of hydrogen-bond donors (Lipinski definition) is 3. The van der Waals surface area contributed by atoms with Gasteiger partial charge in [-0.2, -0.15) is 0 Å². The average Bonchev–Trinajstić information content (AvgIpc) is 2.86. The molecule has 1 aromatic rings. The number of hydrogen-bond acceptors (Lipinski definition) is 4. The van der Waals surface area contributed by atoms with E-state index in [-0.39, 0.29) is 41.7 Å². The summed E-state index contributed by atoms with van der Waals surface area (Å²) in [6.45, 7) is 0.587. The molecule has 3 N–H and O–H groups in total. The fourth-order valence-corrected chi connectivity index (χ4v) is 2.98. The summed E-state index contributed by atoms with van der Waals surface area (Å²) in [7, 11) is 1.90. The summed E-state index contributed by atoms with van der Waals surface area (Å²) < 4.78 is 0. The van der Waals surface area contributed by atoms with Crippen LogP contribution in [0.15, 0.2) is 18.2 Å². The van der Waals surface area contributed by atoms with Gasteiger partial charge < -0.3 is 15.7 Å². The number of benzene rings is 1. The van der Waals surface area contributed by atoms with E-state index in [1.807, 2.05) is 11.9 Å². The number of likely N-dealkylation sites (N-methyl/N-ethyl adjacent to an activating group) is 1. The molecule has 6 nitrogen and oxygen atoms in total. The van der Waals surface area contributed by atoms with Crippen LogP contribution in [0.25, 0.3) is 0 Å². The average molecular weight is 360 g/mol. The van der Waals surface area contributed by atoms with Gasteiger partial charge in [0, 0.05) is 23.7 Å². The summed E-state index contributed by atoms with van der Waals surface area (Å²) in [5.74, 6) is -0.738. The van der Waals surface area contributed by atoms with E-state index >= 15 is 0 Å². The highest BCUT2D eigenvalue weighted by molar-refractivity contribution is 6.35. The van der Waals surface area contributed by atoms with E-state index in [1.54, 1.807) is 6.07 Å². The Bertz CT molecular complexity index is 597. The zero-order chi connectivity index (χ0) is 17.0. The Labute approximate surface area is 144 Å². The number of halogens is 2. The predicted molar refractivity (Wildman–Crippen MR) is 88.8 cm³/mol.